The van der Waals surface area contributed by atoms with Crippen molar-refractivity contribution in [3.63, 3.8) is 0 Å². The number of carbonyl (C=O) groups excluding carboxylic acids is 2. The molecule has 5 nitrogen and oxygen atoms in total. The molecule has 22 heavy (non-hydrogen) atoms. The summed E-state index contributed by atoms with van der Waals surface area (Å²) >= 11 is 0. The van der Waals surface area contributed by atoms with E-state index in [4.69, 9.17) is 4.74 Å². The Labute approximate surface area is 131 Å². The highest BCUT2D eigenvalue weighted by Crippen LogP contribution is 2.18. The number of hydrogen-bond acceptors (Lipinski definition) is 3. The summed E-state index contributed by atoms with van der Waals surface area (Å²) in [6.45, 7) is 2.76. The molecule has 0 saturated carbocycles. The summed E-state index contributed by atoms with van der Waals surface area (Å²) in [5.41, 5.74) is 0.598. The molecule has 1 aromatic carbocycles. The van der Waals surface area contributed by atoms with Crippen LogP contribution in [0.15, 0.2) is 30.3 Å². The number of carbonyl (C=O) groups is 2. The van der Waals surface area contributed by atoms with E-state index in [2.05, 4.69) is 17.6 Å². The average molecular weight is 304 g/mol. The highest BCUT2D eigenvalue weighted by Gasteiger charge is 2.28. The van der Waals surface area contributed by atoms with E-state index >= 15 is 0 Å². The first kappa shape index (κ1) is 16.5. The summed E-state index contributed by atoms with van der Waals surface area (Å²) in [6.07, 6.45) is 3.45. The van der Waals surface area contributed by atoms with E-state index in [1.807, 2.05) is 18.2 Å². The lowest BCUT2D eigenvalue weighted by Gasteiger charge is -2.29. The summed E-state index contributed by atoms with van der Waals surface area (Å²) in [6, 6.07) is 9.02. The maximum absolute atomic E-state index is 12.1. The van der Waals surface area contributed by atoms with Gasteiger partial charge in [0.15, 0.2) is 0 Å². The Balaban J connectivity index is 1.83. The Morgan fingerprint density at radius 2 is 2.00 bits per heavy atom. The van der Waals surface area contributed by atoms with Crippen molar-refractivity contribution in [1.29, 1.82) is 0 Å². The van der Waals surface area contributed by atoms with Gasteiger partial charge in [0.25, 0.3) is 5.91 Å². The van der Waals surface area contributed by atoms with E-state index in [1.54, 1.807) is 12.1 Å². The number of nitrogens with one attached hydrogen (secondary N) is 2. The van der Waals surface area contributed by atoms with Gasteiger partial charge in [-0.3, -0.25) is 9.59 Å². The van der Waals surface area contributed by atoms with Crippen molar-refractivity contribution >= 4 is 11.8 Å². The van der Waals surface area contributed by atoms with Crippen LogP contribution in [-0.2, 0) is 9.53 Å². The van der Waals surface area contributed by atoms with Gasteiger partial charge in [-0.2, -0.15) is 0 Å². The molecule has 2 atom stereocenters. The lowest BCUT2D eigenvalue weighted by atomic mass is 10.1. The fourth-order valence-electron chi connectivity index (χ4n) is 2.44. The molecule has 1 aromatic rings. The zero-order valence-corrected chi connectivity index (χ0v) is 13.0. The van der Waals surface area contributed by atoms with Gasteiger partial charge >= 0.3 is 0 Å². The van der Waals surface area contributed by atoms with E-state index in [-0.39, 0.29) is 11.8 Å². The first-order chi connectivity index (χ1) is 10.7. The van der Waals surface area contributed by atoms with E-state index in [9.17, 15) is 9.59 Å². The fraction of sp³-hybridized carbons (Fsp3) is 0.529. The third-order valence-corrected chi connectivity index (χ3v) is 3.71. The minimum Gasteiger partial charge on any atom is -0.354 e. The van der Waals surface area contributed by atoms with Crippen LogP contribution in [0.3, 0.4) is 0 Å². The van der Waals surface area contributed by atoms with Crippen molar-refractivity contribution in [2.24, 2.45) is 0 Å². The summed E-state index contributed by atoms with van der Waals surface area (Å²) in [5, 5.41) is 5.73. The zero-order valence-electron chi connectivity index (χ0n) is 13.0. The molecule has 1 heterocycles. The molecule has 0 aromatic heterocycles. The predicted molar refractivity (Wildman–Crippen MR) is 84.3 cm³/mol. The first-order valence-electron chi connectivity index (χ1n) is 7.99. The van der Waals surface area contributed by atoms with Crippen LogP contribution < -0.4 is 10.6 Å². The lowest BCUT2D eigenvalue weighted by Crippen LogP contribution is -2.47. The molecule has 0 bridgehead atoms. The monoisotopic (exact) mass is 304 g/mol. The molecule has 2 unspecified atom stereocenters. The van der Waals surface area contributed by atoms with Crippen LogP contribution in [0, 0.1) is 0 Å². The Bertz CT molecular complexity index is 490. The lowest BCUT2D eigenvalue weighted by molar-refractivity contribution is -0.143. The smallest absolute Gasteiger partial charge is 0.253 e. The van der Waals surface area contributed by atoms with Crippen LogP contribution in [0.5, 0.6) is 0 Å². The fourth-order valence-corrected chi connectivity index (χ4v) is 2.44. The predicted octanol–water partition coefficient (Wildman–Crippen LogP) is 2.23. The van der Waals surface area contributed by atoms with Gasteiger partial charge in [0.1, 0.15) is 12.3 Å². The second kappa shape index (κ2) is 8.54. The van der Waals surface area contributed by atoms with Gasteiger partial charge in [0.2, 0.25) is 5.91 Å². The third kappa shape index (κ3) is 4.84. The van der Waals surface area contributed by atoms with Crippen molar-refractivity contribution in [2.45, 2.75) is 51.4 Å². The molecule has 2 amide bonds. The van der Waals surface area contributed by atoms with E-state index in [0.717, 1.165) is 25.7 Å². The quantitative estimate of drug-likeness (QED) is 0.792. The van der Waals surface area contributed by atoms with Crippen LogP contribution in [-0.4, -0.2) is 30.7 Å². The Morgan fingerprint density at radius 1 is 1.23 bits per heavy atom. The molecule has 5 heteroatoms. The van der Waals surface area contributed by atoms with Crippen LogP contribution in [0.25, 0.3) is 0 Å². The molecule has 1 aliphatic heterocycles. The highest BCUT2D eigenvalue weighted by molar-refractivity contribution is 5.94. The second-order valence-electron chi connectivity index (χ2n) is 5.53. The highest BCUT2D eigenvalue weighted by atomic mass is 16.5. The molecule has 120 valence electrons. The van der Waals surface area contributed by atoms with Crippen molar-refractivity contribution in [3.8, 4) is 0 Å². The maximum atomic E-state index is 12.1. The average Bonchev–Trinajstić information content (AvgIpc) is 2.56. The molecule has 0 radical (unpaired) electrons. The van der Waals surface area contributed by atoms with Gasteiger partial charge in [-0.25, -0.2) is 0 Å². The Morgan fingerprint density at radius 3 is 2.73 bits per heavy atom. The van der Waals surface area contributed by atoms with Crippen molar-refractivity contribution in [1.82, 2.24) is 10.6 Å². The number of hydrogen-bond donors (Lipinski definition) is 2. The number of unbranched alkanes of at least 4 members (excludes halogenated alkanes) is 1. The van der Waals surface area contributed by atoms with Crippen molar-refractivity contribution < 1.29 is 14.3 Å². The van der Waals surface area contributed by atoms with Crippen LogP contribution in [0.4, 0.5) is 0 Å². The van der Waals surface area contributed by atoms with Gasteiger partial charge in [-0.1, -0.05) is 31.5 Å². The van der Waals surface area contributed by atoms with Gasteiger partial charge in [-0.15, -0.1) is 0 Å². The minimum atomic E-state index is -0.466. The molecule has 2 rings (SSSR count). The molecular weight excluding hydrogens is 280 g/mol. The second-order valence-corrected chi connectivity index (χ2v) is 5.53. The first-order valence-corrected chi connectivity index (χ1v) is 7.99. The molecule has 1 fully saturated rings. The van der Waals surface area contributed by atoms with Gasteiger partial charge < -0.3 is 15.4 Å². The van der Waals surface area contributed by atoms with Crippen LogP contribution >= 0.6 is 0 Å². The molecule has 0 aliphatic carbocycles. The minimum absolute atomic E-state index is 0.0767. The SMILES string of the molecule is CCCCNC(=O)C1CCCC(NC(=O)c2ccccc2)O1. The van der Waals surface area contributed by atoms with Gasteiger partial charge in [0.05, 0.1) is 0 Å². The van der Waals surface area contributed by atoms with Crippen LogP contribution in [0.2, 0.25) is 0 Å². The summed E-state index contributed by atoms with van der Waals surface area (Å²) in [7, 11) is 0. The van der Waals surface area contributed by atoms with E-state index in [1.165, 1.54) is 0 Å². The van der Waals surface area contributed by atoms with Crippen LogP contribution in [0.1, 0.15) is 49.4 Å². The molecule has 1 aliphatic rings. The number of amides is 2. The summed E-state index contributed by atoms with van der Waals surface area (Å²) < 4.78 is 5.73. The molecular formula is C17H24N2O3. The number of benzene rings is 1. The standard InChI is InChI=1S/C17H24N2O3/c1-2-3-12-18-17(21)14-10-7-11-15(22-14)19-16(20)13-8-5-4-6-9-13/h4-6,8-9,14-15H,2-3,7,10-12H2,1H3,(H,18,21)(H,19,20). The molecule has 2 N–H and O–H groups in total. The Kier molecular flexibility index (Phi) is 6.40. The molecule has 0 spiro atoms. The third-order valence-electron chi connectivity index (χ3n) is 3.71. The molecule has 1 saturated heterocycles. The number of rotatable bonds is 6. The largest absolute Gasteiger partial charge is 0.354 e. The normalized spacial score (nSPS) is 21.1. The summed E-state index contributed by atoms with van der Waals surface area (Å²) in [4.78, 5) is 24.1. The van der Waals surface area contributed by atoms with E-state index < -0.39 is 12.3 Å². The van der Waals surface area contributed by atoms with Gasteiger partial charge in [0, 0.05) is 12.1 Å². The number of ether oxygens (including phenoxy) is 1. The Hall–Kier alpha value is -1.88. The zero-order chi connectivity index (χ0) is 15.8. The van der Waals surface area contributed by atoms with Gasteiger partial charge in [-0.05, 0) is 37.8 Å². The summed E-state index contributed by atoms with van der Waals surface area (Å²) in [5.74, 6) is -0.246. The maximum Gasteiger partial charge on any atom is 0.253 e. The van der Waals surface area contributed by atoms with Crippen molar-refractivity contribution in [3.05, 3.63) is 35.9 Å². The topological polar surface area (TPSA) is 67.4 Å². The van der Waals surface area contributed by atoms with Crippen molar-refractivity contribution in [2.75, 3.05) is 6.54 Å². The van der Waals surface area contributed by atoms with E-state index in [0.29, 0.717) is 18.5 Å².